The predicted molar refractivity (Wildman–Crippen MR) is 126 cm³/mol. The number of nitrogens with one attached hydrogen (secondary N) is 1. The van der Waals surface area contributed by atoms with Crippen LogP contribution < -0.4 is 5.32 Å². The van der Waals surface area contributed by atoms with Gasteiger partial charge in [-0.1, -0.05) is 25.4 Å². The first kappa shape index (κ1) is 23.0. The molecule has 1 N–H and O–H groups in total. The molecule has 0 aliphatic heterocycles. The third-order valence-corrected chi connectivity index (χ3v) is 6.23. The van der Waals surface area contributed by atoms with Gasteiger partial charge in [0.05, 0.1) is 16.8 Å². The van der Waals surface area contributed by atoms with E-state index in [0.717, 1.165) is 5.01 Å². The second-order valence-corrected chi connectivity index (χ2v) is 9.40. The van der Waals surface area contributed by atoms with Crippen LogP contribution in [0.4, 0.5) is 4.39 Å². The van der Waals surface area contributed by atoms with Crippen molar-refractivity contribution in [2.45, 2.75) is 33.2 Å². The zero-order valence-corrected chi connectivity index (χ0v) is 19.9. The molecule has 0 saturated carbocycles. The van der Waals surface area contributed by atoms with Crippen molar-refractivity contribution in [3.8, 4) is 16.8 Å². The number of nitrogens with zero attached hydrogens (tertiary/aromatic N) is 5. The fourth-order valence-corrected chi connectivity index (χ4v) is 4.35. The second kappa shape index (κ2) is 9.76. The van der Waals surface area contributed by atoms with Crippen molar-refractivity contribution in [1.82, 2.24) is 30.5 Å². The van der Waals surface area contributed by atoms with Crippen LogP contribution in [0.5, 0.6) is 0 Å². The first-order valence-corrected chi connectivity index (χ1v) is 11.7. The van der Waals surface area contributed by atoms with Crippen LogP contribution in [0.2, 0.25) is 5.02 Å². The molecule has 2 aromatic carbocycles. The van der Waals surface area contributed by atoms with E-state index in [1.807, 2.05) is 18.4 Å². The quantitative estimate of drug-likeness (QED) is 0.386. The number of hydrogen-bond acceptors (Lipinski definition) is 6. The van der Waals surface area contributed by atoms with Gasteiger partial charge < -0.3 is 5.32 Å². The largest absolute Gasteiger partial charge is 0.343 e. The van der Waals surface area contributed by atoms with E-state index >= 15 is 0 Å². The molecule has 10 heteroatoms. The lowest BCUT2D eigenvalue weighted by molar-refractivity contribution is 0.0940. The maximum Gasteiger partial charge on any atom is 0.251 e. The molecule has 2 heterocycles. The van der Waals surface area contributed by atoms with Gasteiger partial charge in [0, 0.05) is 29.1 Å². The highest BCUT2D eigenvalue weighted by molar-refractivity contribution is 7.09. The average molecular weight is 485 g/mol. The molecular formula is C23H22ClFN6OS. The SMILES string of the molecule is CC(C)Cc1nnnn1-c1cc(C(=O)NC(C)c2nccs2)cc(-c2ccc(F)cc2Cl)c1. The van der Waals surface area contributed by atoms with Crippen LogP contribution >= 0.6 is 22.9 Å². The number of tetrazole rings is 1. The third-order valence-electron chi connectivity index (χ3n) is 4.96. The van der Waals surface area contributed by atoms with Gasteiger partial charge in [-0.2, -0.15) is 4.68 Å². The van der Waals surface area contributed by atoms with Gasteiger partial charge in [-0.25, -0.2) is 9.37 Å². The number of carbonyl (C=O) groups is 1. The van der Waals surface area contributed by atoms with Gasteiger partial charge in [-0.05, 0) is 65.2 Å². The topological polar surface area (TPSA) is 85.6 Å². The van der Waals surface area contributed by atoms with Crippen molar-refractivity contribution < 1.29 is 9.18 Å². The summed E-state index contributed by atoms with van der Waals surface area (Å²) in [6.45, 7) is 6.03. The number of rotatable bonds is 7. The minimum absolute atomic E-state index is 0.244. The fourth-order valence-electron chi connectivity index (χ4n) is 3.43. The Morgan fingerprint density at radius 3 is 2.73 bits per heavy atom. The molecule has 0 radical (unpaired) electrons. The highest BCUT2D eigenvalue weighted by Crippen LogP contribution is 2.31. The van der Waals surface area contributed by atoms with Gasteiger partial charge in [0.1, 0.15) is 10.8 Å². The van der Waals surface area contributed by atoms with Crippen molar-refractivity contribution in [3.05, 3.63) is 75.2 Å². The highest BCUT2D eigenvalue weighted by atomic mass is 35.5. The molecule has 0 aliphatic rings. The summed E-state index contributed by atoms with van der Waals surface area (Å²) in [7, 11) is 0. The van der Waals surface area contributed by atoms with E-state index in [2.05, 4.69) is 39.7 Å². The molecule has 0 saturated heterocycles. The zero-order chi connectivity index (χ0) is 23.5. The molecule has 1 amide bonds. The smallest absolute Gasteiger partial charge is 0.251 e. The van der Waals surface area contributed by atoms with E-state index in [-0.39, 0.29) is 17.0 Å². The Bertz CT molecular complexity index is 1270. The van der Waals surface area contributed by atoms with Crippen LogP contribution in [0, 0.1) is 11.7 Å². The molecule has 4 rings (SSSR count). The first-order chi connectivity index (χ1) is 15.8. The number of benzene rings is 2. The molecule has 0 fully saturated rings. The van der Waals surface area contributed by atoms with Gasteiger partial charge in [0.25, 0.3) is 5.91 Å². The van der Waals surface area contributed by atoms with E-state index in [1.54, 1.807) is 29.1 Å². The van der Waals surface area contributed by atoms with E-state index < -0.39 is 5.82 Å². The van der Waals surface area contributed by atoms with E-state index in [1.165, 1.54) is 23.5 Å². The summed E-state index contributed by atoms with van der Waals surface area (Å²) in [5.74, 6) is 0.300. The van der Waals surface area contributed by atoms with Gasteiger partial charge in [-0.3, -0.25) is 4.79 Å². The minimum atomic E-state index is -0.435. The normalized spacial score (nSPS) is 12.2. The number of hydrogen-bond donors (Lipinski definition) is 1. The van der Waals surface area contributed by atoms with Crippen LogP contribution in [0.1, 0.15) is 48.0 Å². The van der Waals surface area contributed by atoms with Crippen molar-refractivity contribution in [2.75, 3.05) is 0 Å². The Morgan fingerprint density at radius 1 is 1.21 bits per heavy atom. The molecule has 0 aliphatic carbocycles. The van der Waals surface area contributed by atoms with E-state index in [9.17, 15) is 9.18 Å². The van der Waals surface area contributed by atoms with E-state index in [0.29, 0.717) is 40.5 Å². The molecule has 170 valence electrons. The van der Waals surface area contributed by atoms with Gasteiger partial charge in [0.15, 0.2) is 5.82 Å². The molecule has 1 unspecified atom stereocenters. The average Bonchev–Trinajstić information content (AvgIpc) is 3.45. The Balaban J connectivity index is 1.78. The monoisotopic (exact) mass is 484 g/mol. The van der Waals surface area contributed by atoms with Gasteiger partial charge >= 0.3 is 0 Å². The lowest BCUT2D eigenvalue weighted by atomic mass is 10.0. The van der Waals surface area contributed by atoms with Crippen LogP contribution in [0.15, 0.2) is 48.0 Å². The van der Waals surface area contributed by atoms with Gasteiger partial charge in [0.2, 0.25) is 0 Å². The maximum atomic E-state index is 13.6. The van der Waals surface area contributed by atoms with Crippen molar-refractivity contribution in [2.24, 2.45) is 5.92 Å². The first-order valence-electron chi connectivity index (χ1n) is 10.4. The summed E-state index contributed by atoms with van der Waals surface area (Å²) < 4.78 is 15.3. The Hall–Kier alpha value is -3.17. The van der Waals surface area contributed by atoms with Crippen LogP contribution in [0.25, 0.3) is 16.8 Å². The third kappa shape index (κ3) is 5.26. The summed E-state index contributed by atoms with van der Waals surface area (Å²) in [5, 5.41) is 18.0. The van der Waals surface area contributed by atoms with Crippen molar-refractivity contribution in [3.63, 3.8) is 0 Å². The Morgan fingerprint density at radius 2 is 2.03 bits per heavy atom. The lowest BCUT2D eigenvalue weighted by Crippen LogP contribution is -2.26. The van der Waals surface area contributed by atoms with E-state index in [4.69, 9.17) is 11.6 Å². The number of aromatic nitrogens is 5. The molecule has 33 heavy (non-hydrogen) atoms. The molecule has 7 nitrogen and oxygen atoms in total. The molecule has 4 aromatic rings. The summed E-state index contributed by atoms with van der Waals surface area (Å²) in [4.78, 5) is 17.4. The Kier molecular flexibility index (Phi) is 6.80. The zero-order valence-electron chi connectivity index (χ0n) is 18.3. The number of amides is 1. The molecule has 0 bridgehead atoms. The molecule has 2 aromatic heterocycles. The summed E-state index contributed by atoms with van der Waals surface area (Å²) >= 11 is 7.80. The second-order valence-electron chi connectivity index (χ2n) is 8.06. The summed E-state index contributed by atoms with van der Waals surface area (Å²) in [6, 6.07) is 9.19. The van der Waals surface area contributed by atoms with Crippen molar-refractivity contribution >= 4 is 28.8 Å². The molecule has 1 atom stereocenters. The summed E-state index contributed by atoms with van der Waals surface area (Å²) in [6.07, 6.45) is 2.36. The van der Waals surface area contributed by atoms with Crippen molar-refractivity contribution in [1.29, 1.82) is 0 Å². The minimum Gasteiger partial charge on any atom is -0.343 e. The number of carbonyl (C=O) groups excluding carboxylic acids is 1. The number of halogens is 2. The van der Waals surface area contributed by atoms with Crippen LogP contribution in [-0.4, -0.2) is 31.1 Å². The maximum absolute atomic E-state index is 13.6. The van der Waals surface area contributed by atoms with Crippen LogP contribution in [0.3, 0.4) is 0 Å². The highest BCUT2D eigenvalue weighted by Gasteiger charge is 2.18. The Labute approximate surface area is 199 Å². The van der Waals surface area contributed by atoms with Crippen LogP contribution in [-0.2, 0) is 6.42 Å². The molecular weight excluding hydrogens is 463 g/mol. The van der Waals surface area contributed by atoms with Gasteiger partial charge in [-0.15, -0.1) is 16.4 Å². The number of thiazole rings is 1. The standard InChI is InChI=1S/C23H22ClFN6OS/c1-13(2)8-21-28-29-30-31(21)18-10-15(19-5-4-17(25)12-20(19)24)9-16(11-18)22(32)27-14(3)23-26-6-7-33-23/h4-7,9-14H,8H2,1-3H3,(H,27,32). The predicted octanol–water partition coefficient (Wildman–Crippen LogP) is 5.27. The fraction of sp³-hybridized carbons (Fsp3) is 0.261. The lowest BCUT2D eigenvalue weighted by Gasteiger charge is -2.15. The summed E-state index contributed by atoms with van der Waals surface area (Å²) in [5.41, 5.74) is 2.26. The molecule has 0 spiro atoms.